The normalized spacial score (nSPS) is 11.1. The number of aromatic nitrogens is 4. The third kappa shape index (κ3) is 5.13. The molecule has 0 unspecified atom stereocenters. The molecule has 0 bridgehead atoms. The van der Waals surface area contributed by atoms with Gasteiger partial charge in [0, 0.05) is 22.7 Å². The quantitative estimate of drug-likeness (QED) is 0.373. The second kappa shape index (κ2) is 8.05. The van der Waals surface area contributed by atoms with Crippen molar-refractivity contribution >= 4 is 60.2 Å². The molecule has 0 radical (unpaired) electrons. The van der Waals surface area contributed by atoms with E-state index in [0.717, 1.165) is 0 Å². The van der Waals surface area contributed by atoms with E-state index in [1.165, 1.54) is 12.1 Å². The van der Waals surface area contributed by atoms with E-state index in [1.807, 2.05) is 0 Å². The van der Waals surface area contributed by atoms with Gasteiger partial charge in [-0.15, -0.1) is 0 Å². The summed E-state index contributed by atoms with van der Waals surface area (Å²) in [5, 5.41) is 3.52. The molecule has 0 aliphatic heterocycles. The predicted octanol–water partition coefficient (Wildman–Crippen LogP) is 1.20. The first-order valence-electron chi connectivity index (χ1n) is 7.50. The van der Waals surface area contributed by atoms with Gasteiger partial charge in [0.15, 0.2) is 0 Å². The number of H-pyrrole nitrogens is 1. The molecule has 10 nitrogen and oxygen atoms in total. The van der Waals surface area contributed by atoms with Crippen LogP contribution in [0.4, 0.5) is 11.9 Å². The van der Waals surface area contributed by atoms with Crippen molar-refractivity contribution in [2.45, 2.75) is 20.8 Å². The summed E-state index contributed by atoms with van der Waals surface area (Å²) >= 11 is 0. The molecule has 3 rings (SSSR count). The Morgan fingerprint density at radius 2 is 1.81 bits per heavy atom. The molecule has 0 saturated carbocycles. The van der Waals surface area contributed by atoms with E-state index in [2.05, 4.69) is 29.8 Å². The number of aryl methyl sites for hydroxylation is 2. The number of phosphoric acid groups is 1. The third-order valence-electron chi connectivity index (χ3n) is 3.71. The van der Waals surface area contributed by atoms with Gasteiger partial charge < -0.3 is 4.52 Å². The number of anilines is 2. The number of phosphoric ester groups is 1. The van der Waals surface area contributed by atoms with Crippen molar-refractivity contribution in [2.24, 2.45) is 0 Å². The molecule has 0 spiro atoms. The van der Waals surface area contributed by atoms with Gasteiger partial charge in [0.25, 0.3) is 5.56 Å². The molecule has 0 fully saturated rings. The standard InChI is InChI=1S/C15H16N5O5P.Na.H/c1-7-8(2)16-15(19-13(7)21)20-14-17-9(3)11-5-4-10(6-12(11)18-14)25-26(22,23)24;;/h4-6H,1-3H3,(H2,22,23,24)(H2,16,17,18,19,20,21);;. The molecule has 0 aliphatic rings. The summed E-state index contributed by atoms with van der Waals surface area (Å²) in [5.74, 6) is 0.349. The summed E-state index contributed by atoms with van der Waals surface area (Å²) in [4.78, 5) is 45.1. The van der Waals surface area contributed by atoms with Gasteiger partial charge in [-0.3, -0.25) is 24.9 Å². The molecule has 0 aliphatic carbocycles. The molecule has 2 aromatic heterocycles. The summed E-state index contributed by atoms with van der Waals surface area (Å²) in [6.07, 6.45) is 0. The van der Waals surface area contributed by atoms with Gasteiger partial charge in [-0.05, 0) is 32.9 Å². The molecule has 12 heteroatoms. The van der Waals surface area contributed by atoms with Crippen molar-refractivity contribution in [1.29, 1.82) is 0 Å². The summed E-state index contributed by atoms with van der Waals surface area (Å²) in [6.45, 7) is 5.15. The zero-order valence-corrected chi connectivity index (χ0v) is 15.0. The Balaban J connectivity index is 0.00000261. The maximum atomic E-state index is 11.8. The van der Waals surface area contributed by atoms with E-state index in [-0.39, 0.29) is 52.8 Å². The van der Waals surface area contributed by atoms with E-state index >= 15 is 0 Å². The molecule has 1 aromatic carbocycles. The first-order chi connectivity index (χ1) is 12.1. The number of benzene rings is 1. The number of nitrogens with one attached hydrogen (secondary N) is 2. The van der Waals surface area contributed by atoms with Crippen LogP contribution in [-0.2, 0) is 4.57 Å². The van der Waals surface area contributed by atoms with Crippen LogP contribution in [0.15, 0.2) is 23.0 Å². The van der Waals surface area contributed by atoms with Gasteiger partial charge in [0.05, 0.1) is 11.2 Å². The summed E-state index contributed by atoms with van der Waals surface area (Å²) in [6, 6.07) is 4.42. The number of hydrogen-bond acceptors (Lipinski definition) is 7. The Morgan fingerprint density at radius 1 is 1.11 bits per heavy atom. The molecule has 0 atom stereocenters. The van der Waals surface area contributed by atoms with Crippen molar-refractivity contribution < 1.29 is 18.9 Å². The summed E-state index contributed by atoms with van der Waals surface area (Å²) in [5.41, 5.74) is 1.87. The van der Waals surface area contributed by atoms with Gasteiger partial charge in [0.2, 0.25) is 11.9 Å². The number of aromatic amines is 1. The molecule has 27 heavy (non-hydrogen) atoms. The summed E-state index contributed by atoms with van der Waals surface area (Å²) < 4.78 is 15.6. The topological polar surface area (TPSA) is 150 Å². The van der Waals surface area contributed by atoms with Crippen molar-refractivity contribution in [1.82, 2.24) is 19.9 Å². The molecule has 0 saturated heterocycles. The molecular weight excluding hydrogens is 384 g/mol. The fourth-order valence-electron chi connectivity index (χ4n) is 2.33. The zero-order chi connectivity index (χ0) is 19.1. The Labute approximate surface area is 176 Å². The van der Waals surface area contributed by atoms with Gasteiger partial charge in [-0.2, -0.15) is 0 Å². The average Bonchev–Trinajstić information content (AvgIpc) is 2.50. The zero-order valence-electron chi connectivity index (χ0n) is 14.1. The number of hydrogen-bond donors (Lipinski definition) is 4. The maximum absolute atomic E-state index is 11.8. The Kier molecular flexibility index (Phi) is 6.41. The second-order valence-electron chi connectivity index (χ2n) is 5.64. The van der Waals surface area contributed by atoms with Gasteiger partial charge in [0.1, 0.15) is 5.75 Å². The number of nitrogens with zero attached hydrogens (tertiary/aromatic N) is 3. The van der Waals surface area contributed by atoms with Crippen LogP contribution in [0.25, 0.3) is 10.9 Å². The Morgan fingerprint density at radius 3 is 2.44 bits per heavy atom. The molecule has 0 amide bonds. The van der Waals surface area contributed by atoms with Crippen LogP contribution in [0.1, 0.15) is 17.0 Å². The van der Waals surface area contributed by atoms with Gasteiger partial charge in [-0.1, -0.05) is 0 Å². The van der Waals surface area contributed by atoms with Gasteiger partial charge in [-0.25, -0.2) is 19.5 Å². The van der Waals surface area contributed by atoms with Crippen molar-refractivity contribution in [3.8, 4) is 5.75 Å². The molecule has 4 N–H and O–H groups in total. The van der Waals surface area contributed by atoms with Crippen LogP contribution in [0.2, 0.25) is 0 Å². The summed E-state index contributed by atoms with van der Waals surface area (Å²) in [7, 11) is -4.67. The molecule has 138 valence electrons. The van der Waals surface area contributed by atoms with E-state index < -0.39 is 7.82 Å². The Bertz CT molecular complexity index is 1110. The van der Waals surface area contributed by atoms with Crippen LogP contribution >= 0.6 is 7.82 Å². The second-order valence-corrected chi connectivity index (χ2v) is 6.81. The Hall–Kier alpha value is -1.81. The van der Waals surface area contributed by atoms with Crippen molar-refractivity contribution in [2.75, 3.05) is 5.32 Å². The van der Waals surface area contributed by atoms with Crippen molar-refractivity contribution in [3.63, 3.8) is 0 Å². The fraction of sp³-hybridized carbons (Fsp3) is 0.200. The van der Waals surface area contributed by atoms with E-state index in [9.17, 15) is 9.36 Å². The monoisotopic (exact) mass is 401 g/mol. The van der Waals surface area contributed by atoms with E-state index in [4.69, 9.17) is 9.79 Å². The van der Waals surface area contributed by atoms with Crippen LogP contribution in [0, 0.1) is 20.8 Å². The molecular formula is C15H17N5NaO5P. The first kappa shape index (κ1) is 21.5. The fourth-order valence-corrected chi connectivity index (χ4v) is 2.72. The number of rotatable bonds is 4. The first-order valence-corrected chi connectivity index (χ1v) is 9.03. The van der Waals surface area contributed by atoms with Crippen molar-refractivity contribution in [3.05, 3.63) is 45.5 Å². The van der Waals surface area contributed by atoms with Crippen LogP contribution in [0.3, 0.4) is 0 Å². The van der Waals surface area contributed by atoms with E-state index in [1.54, 1.807) is 26.8 Å². The van der Waals surface area contributed by atoms with Gasteiger partial charge >= 0.3 is 37.4 Å². The van der Waals surface area contributed by atoms with Crippen LogP contribution in [0.5, 0.6) is 5.75 Å². The molecule has 3 aromatic rings. The minimum atomic E-state index is -4.67. The third-order valence-corrected chi connectivity index (χ3v) is 4.16. The predicted molar refractivity (Wildman–Crippen MR) is 102 cm³/mol. The molecule has 2 heterocycles. The average molecular weight is 401 g/mol. The number of fused-ring (bicyclic) bond motifs is 1. The minimum absolute atomic E-state index is 0. The SMILES string of the molecule is Cc1nc(Nc2nc(C)c3ccc(OP(=O)(O)O)cc3n2)[nH]c(=O)c1C.[NaH]. The van der Waals surface area contributed by atoms with Crippen LogP contribution in [-0.4, -0.2) is 59.3 Å². The van der Waals surface area contributed by atoms with E-state index in [0.29, 0.717) is 27.9 Å². The van der Waals surface area contributed by atoms with Crippen LogP contribution < -0.4 is 15.4 Å².